The number of aromatic nitrogens is 2. The first-order valence-electron chi connectivity index (χ1n) is 8.34. The van der Waals surface area contributed by atoms with Crippen molar-refractivity contribution in [1.29, 1.82) is 0 Å². The minimum absolute atomic E-state index is 0.305. The molecule has 4 rings (SSSR count). The Balaban J connectivity index is 1.52. The minimum Gasteiger partial charge on any atom is -0.352 e. The third kappa shape index (κ3) is 3.34. The predicted octanol–water partition coefficient (Wildman–Crippen LogP) is 3.67. The van der Waals surface area contributed by atoms with Crippen molar-refractivity contribution in [1.82, 2.24) is 14.9 Å². The fourth-order valence-electron chi connectivity index (χ4n) is 3.21. The van der Waals surface area contributed by atoms with E-state index in [4.69, 9.17) is 0 Å². The summed E-state index contributed by atoms with van der Waals surface area (Å²) < 4.78 is 40.5. The van der Waals surface area contributed by atoms with E-state index in [1.807, 2.05) is 16.3 Å². The number of fused-ring (bicyclic) bond motifs is 1. The second-order valence-corrected chi connectivity index (χ2v) is 7.07. The normalized spacial score (nSPS) is 15.4. The molecule has 0 bridgehead atoms. The Kier molecular flexibility index (Phi) is 4.47. The molecular formula is C18H15F3N4OS. The number of thiophene rings is 1. The van der Waals surface area contributed by atoms with Crippen molar-refractivity contribution in [2.24, 2.45) is 0 Å². The number of alkyl halides is 3. The van der Waals surface area contributed by atoms with Gasteiger partial charge in [-0.25, -0.2) is 9.97 Å². The van der Waals surface area contributed by atoms with Gasteiger partial charge < -0.3 is 9.80 Å². The van der Waals surface area contributed by atoms with Crippen LogP contribution in [0.15, 0.2) is 42.0 Å². The molecule has 0 radical (unpaired) electrons. The highest BCUT2D eigenvalue weighted by atomic mass is 32.1. The summed E-state index contributed by atoms with van der Waals surface area (Å²) in [6.45, 7) is 1.68. The number of amides is 1. The molecule has 1 aliphatic rings. The van der Waals surface area contributed by atoms with Gasteiger partial charge in [0.2, 0.25) is 0 Å². The molecular weight excluding hydrogens is 377 g/mol. The number of carbonyl (C=O) groups is 1. The maximum Gasteiger partial charge on any atom is 0.417 e. The second kappa shape index (κ2) is 6.80. The first-order chi connectivity index (χ1) is 12.9. The Morgan fingerprint density at radius 1 is 1.04 bits per heavy atom. The Bertz CT molecular complexity index is 980. The SMILES string of the molecule is O=C(c1ccccc1C(F)(F)F)N1CCN(c2ncnc3ccsc23)CC1. The number of rotatable bonds is 2. The Hall–Kier alpha value is -2.68. The van der Waals surface area contributed by atoms with Crippen molar-refractivity contribution in [3.63, 3.8) is 0 Å². The lowest BCUT2D eigenvalue weighted by Crippen LogP contribution is -2.49. The van der Waals surface area contributed by atoms with E-state index in [2.05, 4.69) is 9.97 Å². The molecule has 0 spiro atoms. The van der Waals surface area contributed by atoms with Gasteiger partial charge >= 0.3 is 6.18 Å². The molecule has 27 heavy (non-hydrogen) atoms. The molecule has 3 aromatic rings. The van der Waals surface area contributed by atoms with Crippen LogP contribution in [-0.2, 0) is 6.18 Å². The van der Waals surface area contributed by atoms with Gasteiger partial charge in [-0.05, 0) is 23.6 Å². The van der Waals surface area contributed by atoms with E-state index in [1.165, 1.54) is 29.4 Å². The molecule has 0 unspecified atom stereocenters. The van der Waals surface area contributed by atoms with Gasteiger partial charge in [0.1, 0.15) is 12.1 Å². The first kappa shape index (κ1) is 17.7. The van der Waals surface area contributed by atoms with Crippen molar-refractivity contribution < 1.29 is 18.0 Å². The van der Waals surface area contributed by atoms with E-state index >= 15 is 0 Å². The molecule has 9 heteroatoms. The number of hydrogen-bond donors (Lipinski definition) is 0. The van der Waals surface area contributed by atoms with Gasteiger partial charge in [0.05, 0.1) is 21.3 Å². The van der Waals surface area contributed by atoms with Gasteiger partial charge in [0.25, 0.3) is 5.91 Å². The Morgan fingerprint density at radius 2 is 1.78 bits per heavy atom. The average Bonchev–Trinajstić information content (AvgIpc) is 3.16. The fourth-order valence-corrected chi connectivity index (χ4v) is 4.07. The van der Waals surface area contributed by atoms with E-state index in [1.54, 1.807) is 11.3 Å². The first-order valence-corrected chi connectivity index (χ1v) is 9.22. The van der Waals surface area contributed by atoms with Crippen LogP contribution in [0.1, 0.15) is 15.9 Å². The van der Waals surface area contributed by atoms with E-state index < -0.39 is 17.6 Å². The molecule has 1 fully saturated rings. The number of hydrogen-bond acceptors (Lipinski definition) is 5. The van der Waals surface area contributed by atoms with E-state index in [-0.39, 0.29) is 5.56 Å². The number of piperazine rings is 1. The van der Waals surface area contributed by atoms with Crippen LogP contribution in [0.4, 0.5) is 19.0 Å². The molecule has 5 nitrogen and oxygen atoms in total. The standard InChI is InChI=1S/C18H15F3N4OS/c19-18(20,21)13-4-2-1-3-12(13)17(26)25-8-6-24(7-9-25)16-15-14(5-10-27-15)22-11-23-16/h1-5,10-11H,6-9H2. The van der Waals surface area contributed by atoms with Crippen molar-refractivity contribution in [2.45, 2.75) is 6.18 Å². The van der Waals surface area contributed by atoms with Crippen molar-refractivity contribution in [3.8, 4) is 0 Å². The number of anilines is 1. The van der Waals surface area contributed by atoms with Crippen molar-refractivity contribution in [2.75, 3.05) is 31.1 Å². The monoisotopic (exact) mass is 392 g/mol. The number of nitrogens with zero attached hydrogens (tertiary/aromatic N) is 4. The third-order valence-electron chi connectivity index (χ3n) is 4.55. The number of benzene rings is 1. The van der Waals surface area contributed by atoms with Crippen LogP contribution in [0.3, 0.4) is 0 Å². The quantitative estimate of drug-likeness (QED) is 0.668. The van der Waals surface area contributed by atoms with Gasteiger partial charge in [-0.15, -0.1) is 11.3 Å². The summed E-state index contributed by atoms with van der Waals surface area (Å²) in [4.78, 5) is 24.7. The zero-order valence-electron chi connectivity index (χ0n) is 14.1. The van der Waals surface area contributed by atoms with Gasteiger partial charge in [-0.2, -0.15) is 13.2 Å². The van der Waals surface area contributed by atoms with Crippen molar-refractivity contribution >= 4 is 33.3 Å². The molecule has 140 valence electrons. The highest BCUT2D eigenvalue weighted by Gasteiger charge is 2.36. The zero-order chi connectivity index (χ0) is 19.0. The lowest BCUT2D eigenvalue weighted by atomic mass is 10.1. The molecule has 2 aromatic heterocycles. The number of halogens is 3. The molecule has 1 aliphatic heterocycles. The number of carbonyl (C=O) groups excluding carboxylic acids is 1. The summed E-state index contributed by atoms with van der Waals surface area (Å²) >= 11 is 1.54. The summed E-state index contributed by atoms with van der Waals surface area (Å²) in [5.41, 5.74) is -0.336. The maximum atomic E-state index is 13.2. The predicted molar refractivity (Wildman–Crippen MR) is 97.0 cm³/mol. The van der Waals surface area contributed by atoms with Gasteiger partial charge in [-0.3, -0.25) is 4.79 Å². The highest BCUT2D eigenvalue weighted by Crippen LogP contribution is 2.33. The van der Waals surface area contributed by atoms with Crippen LogP contribution in [0.2, 0.25) is 0 Å². The molecule has 0 atom stereocenters. The molecule has 0 aliphatic carbocycles. The molecule has 1 aromatic carbocycles. The lowest BCUT2D eigenvalue weighted by molar-refractivity contribution is -0.138. The van der Waals surface area contributed by atoms with E-state index in [0.717, 1.165) is 22.1 Å². The van der Waals surface area contributed by atoms with Crippen molar-refractivity contribution in [3.05, 3.63) is 53.2 Å². The maximum absolute atomic E-state index is 13.2. The minimum atomic E-state index is -4.56. The second-order valence-electron chi connectivity index (χ2n) is 6.15. The molecule has 3 heterocycles. The average molecular weight is 392 g/mol. The van der Waals surface area contributed by atoms with E-state index in [0.29, 0.717) is 26.2 Å². The molecule has 0 saturated carbocycles. The Morgan fingerprint density at radius 3 is 2.52 bits per heavy atom. The Labute approximate surface area is 157 Å². The zero-order valence-corrected chi connectivity index (χ0v) is 14.9. The van der Waals surface area contributed by atoms with Crippen LogP contribution in [0.5, 0.6) is 0 Å². The van der Waals surface area contributed by atoms with Crippen LogP contribution in [0, 0.1) is 0 Å². The van der Waals surface area contributed by atoms with Crippen LogP contribution >= 0.6 is 11.3 Å². The fraction of sp³-hybridized carbons (Fsp3) is 0.278. The van der Waals surface area contributed by atoms with Crippen LogP contribution in [-0.4, -0.2) is 47.0 Å². The lowest BCUT2D eigenvalue weighted by Gasteiger charge is -2.35. The largest absolute Gasteiger partial charge is 0.417 e. The van der Waals surface area contributed by atoms with Gasteiger partial charge in [0, 0.05) is 26.2 Å². The molecule has 1 amide bonds. The highest BCUT2D eigenvalue weighted by molar-refractivity contribution is 7.17. The van der Waals surface area contributed by atoms with Gasteiger partial charge in [0.15, 0.2) is 0 Å². The van der Waals surface area contributed by atoms with Crippen LogP contribution in [0.25, 0.3) is 10.2 Å². The van der Waals surface area contributed by atoms with E-state index in [9.17, 15) is 18.0 Å². The summed E-state index contributed by atoms with van der Waals surface area (Å²) in [5.74, 6) is 0.212. The molecule has 1 saturated heterocycles. The summed E-state index contributed by atoms with van der Waals surface area (Å²) in [6.07, 6.45) is -3.05. The summed E-state index contributed by atoms with van der Waals surface area (Å²) in [7, 11) is 0. The topological polar surface area (TPSA) is 49.3 Å². The van der Waals surface area contributed by atoms with Crippen LogP contribution < -0.4 is 4.90 Å². The van der Waals surface area contributed by atoms with Gasteiger partial charge in [-0.1, -0.05) is 12.1 Å². The smallest absolute Gasteiger partial charge is 0.352 e. The summed E-state index contributed by atoms with van der Waals surface area (Å²) in [6, 6.07) is 6.83. The third-order valence-corrected chi connectivity index (χ3v) is 5.45. The molecule has 0 N–H and O–H groups in total. The summed E-state index contributed by atoms with van der Waals surface area (Å²) in [5, 5.41) is 1.94.